The lowest BCUT2D eigenvalue weighted by Gasteiger charge is -2.36. The number of carbonyl (C=O) groups is 1. The minimum absolute atomic E-state index is 0.0480. The number of anilines is 1. The number of benzene rings is 1. The van der Waals surface area contributed by atoms with Gasteiger partial charge in [-0.25, -0.2) is 0 Å². The van der Waals surface area contributed by atoms with Crippen molar-refractivity contribution in [1.29, 1.82) is 0 Å². The largest absolute Gasteiger partial charge is 0.417 e. The normalized spacial score (nSPS) is 17.3. The van der Waals surface area contributed by atoms with Gasteiger partial charge in [0.05, 0.1) is 10.6 Å². The molecule has 25 heavy (non-hydrogen) atoms. The minimum Gasteiger partial charge on any atom is -0.324 e. The summed E-state index contributed by atoms with van der Waals surface area (Å²) in [5.41, 5.74) is -1.87. The molecule has 2 N–H and O–H groups in total. The van der Waals surface area contributed by atoms with Crippen molar-refractivity contribution in [2.24, 2.45) is 0 Å². The zero-order chi connectivity index (χ0) is 18.1. The van der Waals surface area contributed by atoms with Crippen LogP contribution in [0.4, 0.5) is 18.9 Å². The fraction of sp³-hybridized carbons (Fsp3) is 0.375. The first-order valence-corrected chi connectivity index (χ1v) is 8.10. The topological polar surface area (TPSA) is 59.0 Å². The summed E-state index contributed by atoms with van der Waals surface area (Å²) in [5.74, 6) is -0.395. The first-order chi connectivity index (χ1) is 11.8. The molecule has 0 saturated carbocycles. The molecule has 1 aromatic carbocycles. The van der Waals surface area contributed by atoms with E-state index in [1.165, 1.54) is 6.07 Å². The summed E-state index contributed by atoms with van der Waals surface area (Å²) in [4.78, 5) is 12.9. The Labute approximate surface area is 147 Å². The van der Waals surface area contributed by atoms with Gasteiger partial charge in [-0.3, -0.25) is 9.48 Å². The van der Waals surface area contributed by atoms with E-state index in [2.05, 4.69) is 15.7 Å². The summed E-state index contributed by atoms with van der Waals surface area (Å²) in [6, 6.07) is 5.04. The number of hydrogen-bond donors (Lipinski definition) is 2. The molecule has 2 heterocycles. The number of amides is 1. The van der Waals surface area contributed by atoms with Crippen molar-refractivity contribution in [1.82, 2.24) is 15.1 Å². The molecule has 1 fully saturated rings. The van der Waals surface area contributed by atoms with Gasteiger partial charge in [0, 0.05) is 18.1 Å². The number of carbonyl (C=O) groups excluding carboxylic acids is 1. The lowest BCUT2D eigenvalue weighted by molar-refractivity contribution is -0.137. The Balaban J connectivity index is 1.90. The zero-order valence-corrected chi connectivity index (χ0v) is 13.9. The quantitative estimate of drug-likeness (QED) is 0.869. The SMILES string of the molecule is O=C(Nc1ccc(Cl)c(C(F)(F)F)c1)C1(n2cccn2)CCNCC1. The summed E-state index contributed by atoms with van der Waals surface area (Å²) in [6.07, 6.45) is -0.359. The second kappa shape index (κ2) is 6.68. The Kier molecular flexibility index (Phi) is 4.75. The van der Waals surface area contributed by atoms with Crippen LogP contribution in [0.5, 0.6) is 0 Å². The Morgan fingerprint density at radius 1 is 1.32 bits per heavy atom. The Morgan fingerprint density at radius 2 is 2.04 bits per heavy atom. The number of nitrogens with one attached hydrogen (secondary N) is 2. The first kappa shape index (κ1) is 17.8. The van der Waals surface area contributed by atoms with Crippen LogP contribution in [0.3, 0.4) is 0 Å². The van der Waals surface area contributed by atoms with E-state index in [9.17, 15) is 18.0 Å². The first-order valence-electron chi connectivity index (χ1n) is 7.72. The number of nitrogens with zero attached hydrogens (tertiary/aromatic N) is 2. The molecule has 9 heteroatoms. The van der Waals surface area contributed by atoms with Gasteiger partial charge >= 0.3 is 6.18 Å². The van der Waals surface area contributed by atoms with Crippen LogP contribution in [-0.4, -0.2) is 28.8 Å². The van der Waals surface area contributed by atoms with Gasteiger partial charge in [-0.15, -0.1) is 0 Å². The van der Waals surface area contributed by atoms with Gasteiger partial charge in [-0.1, -0.05) is 11.6 Å². The molecule has 1 amide bonds. The van der Waals surface area contributed by atoms with Crippen molar-refractivity contribution in [3.8, 4) is 0 Å². The van der Waals surface area contributed by atoms with E-state index < -0.39 is 28.2 Å². The smallest absolute Gasteiger partial charge is 0.324 e. The Bertz CT molecular complexity index is 755. The van der Waals surface area contributed by atoms with Crippen molar-refractivity contribution >= 4 is 23.2 Å². The van der Waals surface area contributed by atoms with E-state index in [4.69, 9.17) is 11.6 Å². The number of halogens is 4. The molecule has 0 radical (unpaired) electrons. The highest BCUT2D eigenvalue weighted by molar-refractivity contribution is 6.31. The second-order valence-corrected chi connectivity index (χ2v) is 6.29. The van der Waals surface area contributed by atoms with E-state index in [0.29, 0.717) is 25.9 Å². The fourth-order valence-corrected chi connectivity index (χ4v) is 3.21. The van der Waals surface area contributed by atoms with E-state index in [1.54, 1.807) is 23.1 Å². The van der Waals surface area contributed by atoms with Crippen LogP contribution in [-0.2, 0) is 16.5 Å². The van der Waals surface area contributed by atoms with Crippen molar-refractivity contribution in [2.45, 2.75) is 24.6 Å². The number of alkyl halides is 3. The lowest BCUT2D eigenvalue weighted by Crippen LogP contribution is -2.52. The maximum Gasteiger partial charge on any atom is 0.417 e. The van der Waals surface area contributed by atoms with Crippen LogP contribution in [0.15, 0.2) is 36.7 Å². The Hall–Kier alpha value is -2.06. The average molecular weight is 373 g/mol. The number of aromatic nitrogens is 2. The summed E-state index contributed by atoms with van der Waals surface area (Å²) in [5, 5.41) is 9.53. The lowest BCUT2D eigenvalue weighted by atomic mass is 9.87. The highest BCUT2D eigenvalue weighted by atomic mass is 35.5. The second-order valence-electron chi connectivity index (χ2n) is 5.88. The van der Waals surface area contributed by atoms with E-state index >= 15 is 0 Å². The van der Waals surface area contributed by atoms with Crippen LogP contribution in [0, 0.1) is 0 Å². The van der Waals surface area contributed by atoms with E-state index in [-0.39, 0.29) is 5.69 Å². The van der Waals surface area contributed by atoms with E-state index in [1.807, 2.05) is 0 Å². The van der Waals surface area contributed by atoms with E-state index in [0.717, 1.165) is 12.1 Å². The fourth-order valence-electron chi connectivity index (χ4n) is 2.99. The molecule has 0 unspecified atom stereocenters. The van der Waals surface area contributed by atoms with Crippen molar-refractivity contribution in [3.05, 3.63) is 47.2 Å². The molecule has 0 spiro atoms. The molecule has 0 aliphatic carbocycles. The molecule has 1 saturated heterocycles. The maximum atomic E-state index is 13.0. The van der Waals surface area contributed by atoms with Crippen LogP contribution in [0.1, 0.15) is 18.4 Å². The molecule has 3 rings (SSSR count). The van der Waals surface area contributed by atoms with Gasteiger partial charge in [0.1, 0.15) is 5.54 Å². The predicted molar refractivity (Wildman–Crippen MR) is 87.4 cm³/mol. The zero-order valence-electron chi connectivity index (χ0n) is 13.1. The Morgan fingerprint density at radius 3 is 2.64 bits per heavy atom. The molecule has 2 aromatic rings. The van der Waals surface area contributed by atoms with Crippen LogP contribution < -0.4 is 10.6 Å². The standard InChI is InChI=1S/C16H16ClF3N4O/c17-13-3-2-11(10-12(13)16(18,19)20)23-14(25)15(4-7-21-8-5-15)24-9-1-6-22-24/h1-3,6,9-10,21H,4-5,7-8H2,(H,23,25). The summed E-state index contributed by atoms with van der Waals surface area (Å²) < 4.78 is 40.6. The van der Waals surface area contributed by atoms with Gasteiger partial charge in [0.2, 0.25) is 0 Å². The molecule has 1 aliphatic rings. The maximum absolute atomic E-state index is 13.0. The van der Waals surface area contributed by atoms with Crippen molar-refractivity contribution < 1.29 is 18.0 Å². The molecule has 5 nitrogen and oxygen atoms in total. The molecule has 0 bridgehead atoms. The van der Waals surface area contributed by atoms with Gasteiger partial charge in [-0.05, 0) is 50.2 Å². The average Bonchev–Trinajstić information content (AvgIpc) is 3.11. The third-order valence-corrected chi connectivity index (χ3v) is 4.66. The van der Waals surface area contributed by atoms with Crippen LogP contribution in [0.2, 0.25) is 5.02 Å². The molecule has 134 valence electrons. The monoisotopic (exact) mass is 372 g/mol. The number of rotatable bonds is 3. The third kappa shape index (κ3) is 3.50. The van der Waals surface area contributed by atoms with Gasteiger partial charge < -0.3 is 10.6 Å². The van der Waals surface area contributed by atoms with Gasteiger partial charge in [-0.2, -0.15) is 18.3 Å². The molecular weight excluding hydrogens is 357 g/mol. The molecular formula is C16H16ClF3N4O. The summed E-state index contributed by atoms with van der Waals surface area (Å²) in [6.45, 7) is 1.23. The number of hydrogen-bond acceptors (Lipinski definition) is 3. The van der Waals surface area contributed by atoms with Gasteiger partial charge in [0.25, 0.3) is 5.91 Å². The summed E-state index contributed by atoms with van der Waals surface area (Å²) >= 11 is 5.62. The third-order valence-electron chi connectivity index (χ3n) is 4.33. The highest BCUT2D eigenvalue weighted by Gasteiger charge is 2.42. The molecule has 0 atom stereocenters. The molecule has 1 aliphatic heterocycles. The number of piperidine rings is 1. The van der Waals surface area contributed by atoms with Crippen LogP contribution in [0.25, 0.3) is 0 Å². The molecule has 1 aromatic heterocycles. The van der Waals surface area contributed by atoms with Crippen molar-refractivity contribution in [3.63, 3.8) is 0 Å². The van der Waals surface area contributed by atoms with Gasteiger partial charge in [0.15, 0.2) is 0 Å². The van der Waals surface area contributed by atoms with Crippen molar-refractivity contribution in [2.75, 3.05) is 18.4 Å². The van der Waals surface area contributed by atoms with Crippen LogP contribution >= 0.6 is 11.6 Å². The summed E-state index contributed by atoms with van der Waals surface area (Å²) in [7, 11) is 0. The minimum atomic E-state index is -4.59. The predicted octanol–water partition coefficient (Wildman–Crippen LogP) is 3.27. The highest BCUT2D eigenvalue weighted by Crippen LogP contribution is 2.37.